The number of aryl methyl sites for hydroxylation is 1. The maximum Gasteiger partial charge on any atom is 0.260 e. The van der Waals surface area contributed by atoms with Gasteiger partial charge in [0.2, 0.25) is 0 Å². The van der Waals surface area contributed by atoms with Crippen LogP contribution >= 0.6 is 27.5 Å². The number of aromatic nitrogens is 1. The van der Waals surface area contributed by atoms with Crippen LogP contribution in [0.15, 0.2) is 16.2 Å². The predicted octanol–water partition coefficient (Wildman–Crippen LogP) is 1.30. The van der Waals surface area contributed by atoms with Gasteiger partial charge >= 0.3 is 0 Å². The number of alkyl halides is 1. The van der Waals surface area contributed by atoms with Gasteiger partial charge in [0, 0.05) is 23.3 Å². The van der Waals surface area contributed by atoms with E-state index in [4.69, 9.17) is 0 Å². The van der Waals surface area contributed by atoms with E-state index < -0.39 is 0 Å². The Hall–Kier alpha value is -0.0900. The Bertz CT molecular complexity index is 229. The summed E-state index contributed by atoms with van der Waals surface area (Å²) < 4.78 is 1.70. The molecule has 9 heavy (non-hydrogen) atoms. The highest BCUT2D eigenvalue weighted by Gasteiger charge is 1.91. The first-order valence-electron chi connectivity index (χ1n) is 2.55. The number of rotatable bonds is 2. The largest absolute Gasteiger partial charge is 0.268 e. The van der Waals surface area contributed by atoms with Gasteiger partial charge in [-0.2, -0.15) is 0 Å². The summed E-state index contributed by atoms with van der Waals surface area (Å²) in [6, 6.07) is 1.58. The fraction of sp³-hybridized carbons (Fsp3) is 0.400. The fourth-order valence-electron chi connectivity index (χ4n) is 0.537. The van der Waals surface area contributed by atoms with Gasteiger partial charge in [0.05, 0.1) is 0 Å². The molecule has 0 fully saturated rings. The number of hydrogen-bond donors (Lipinski definition) is 0. The zero-order valence-electron chi connectivity index (χ0n) is 4.71. The molecule has 0 aliphatic heterocycles. The van der Waals surface area contributed by atoms with Crippen LogP contribution in [0.2, 0.25) is 0 Å². The second kappa shape index (κ2) is 3.17. The van der Waals surface area contributed by atoms with Crippen LogP contribution in [0.5, 0.6) is 0 Å². The van der Waals surface area contributed by atoms with Gasteiger partial charge in [-0.15, -0.1) is 0 Å². The molecule has 0 aliphatic rings. The van der Waals surface area contributed by atoms with E-state index in [0.717, 1.165) is 11.9 Å². The molecular formula is C5H6BrNOS. The summed E-state index contributed by atoms with van der Waals surface area (Å²) in [5, 5.41) is 2.64. The van der Waals surface area contributed by atoms with Crippen molar-refractivity contribution in [3.8, 4) is 0 Å². The summed E-state index contributed by atoms with van der Waals surface area (Å²) in [5.74, 6) is 0. The fourth-order valence-corrected chi connectivity index (χ4v) is 1.81. The maximum absolute atomic E-state index is 10.8. The first kappa shape index (κ1) is 7.02. The molecule has 0 unspecified atom stereocenters. The number of halogens is 1. The van der Waals surface area contributed by atoms with Crippen LogP contribution in [0.1, 0.15) is 0 Å². The highest BCUT2D eigenvalue weighted by Crippen LogP contribution is 1.93. The minimum atomic E-state index is 0.0967. The summed E-state index contributed by atoms with van der Waals surface area (Å²) >= 11 is 4.70. The van der Waals surface area contributed by atoms with Gasteiger partial charge in [-0.25, -0.2) is 0 Å². The molecule has 1 aromatic rings. The van der Waals surface area contributed by atoms with E-state index in [-0.39, 0.29) is 5.56 Å². The average molecular weight is 208 g/mol. The van der Waals surface area contributed by atoms with Crippen LogP contribution in [0.25, 0.3) is 0 Å². The Balaban J connectivity index is 2.81. The van der Waals surface area contributed by atoms with Crippen molar-refractivity contribution in [3.63, 3.8) is 0 Å². The molecule has 1 rings (SSSR count). The molecule has 0 radical (unpaired) electrons. The van der Waals surface area contributed by atoms with E-state index in [9.17, 15) is 4.79 Å². The van der Waals surface area contributed by atoms with E-state index in [1.807, 2.05) is 0 Å². The van der Waals surface area contributed by atoms with Gasteiger partial charge in [0.1, 0.15) is 0 Å². The van der Waals surface area contributed by atoms with Crippen LogP contribution in [-0.2, 0) is 6.54 Å². The molecule has 0 aromatic carbocycles. The molecule has 50 valence electrons. The third-order valence-corrected chi connectivity index (χ3v) is 2.16. The second-order valence-electron chi connectivity index (χ2n) is 1.54. The summed E-state index contributed by atoms with van der Waals surface area (Å²) in [4.78, 5) is 10.8. The molecule has 0 bridgehead atoms. The molecule has 0 spiro atoms. The lowest BCUT2D eigenvalue weighted by atomic mass is 10.7. The van der Waals surface area contributed by atoms with Crippen LogP contribution in [0.4, 0.5) is 0 Å². The van der Waals surface area contributed by atoms with E-state index in [2.05, 4.69) is 15.9 Å². The van der Waals surface area contributed by atoms with Crippen molar-refractivity contribution >= 4 is 27.5 Å². The quantitative estimate of drug-likeness (QED) is 0.671. The van der Waals surface area contributed by atoms with Crippen LogP contribution in [0.3, 0.4) is 0 Å². The summed E-state index contributed by atoms with van der Waals surface area (Å²) in [7, 11) is 0. The zero-order valence-corrected chi connectivity index (χ0v) is 7.11. The first-order chi connectivity index (χ1) is 4.34. The van der Waals surface area contributed by atoms with Crippen molar-refractivity contribution in [3.05, 3.63) is 21.8 Å². The molecule has 0 N–H and O–H groups in total. The third kappa shape index (κ3) is 1.66. The predicted molar refractivity (Wildman–Crippen MR) is 42.4 cm³/mol. The summed E-state index contributed by atoms with van der Waals surface area (Å²) in [6.07, 6.45) is 0. The molecular weight excluding hydrogens is 202 g/mol. The normalized spacial score (nSPS) is 9.89. The van der Waals surface area contributed by atoms with Gasteiger partial charge in [0.25, 0.3) is 5.56 Å². The summed E-state index contributed by atoms with van der Waals surface area (Å²) in [6.45, 7) is 0.774. The second-order valence-corrected chi connectivity index (χ2v) is 3.25. The van der Waals surface area contributed by atoms with E-state index in [1.165, 1.54) is 11.5 Å². The number of hydrogen-bond acceptors (Lipinski definition) is 2. The molecule has 0 atom stereocenters. The minimum absolute atomic E-state index is 0.0967. The molecule has 2 nitrogen and oxygen atoms in total. The molecule has 4 heteroatoms. The van der Waals surface area contributed by atoms with Crippen LogP contribution < -0.4 is 5.56 Å². The van der Waals surface area contributed by atoms with Crippen molar-refractivity contribution in [2.24, 2.45) is 0 Å². The summed E-state index contributed by atoms with van der Waals surface area (Å²) in [5.41, 5.74) is 0.0967. The Morgan fingerprint density at radius 3 is 3.00 bits per heavy atom. The van der Waals surface area contributed by atoms with Crippen molar-refractivity contribution in [2.75, 3.05) is 5.33 Å². The molecule has 1 heterocycles. The highest BCUT2D eigenvalue weighted by atomic mass is 79.9. The zero-order chi connectivity index (χ0) is 6.69. The Labute approximate surface area is 65.4 Å². The van der Waals surface area contributed by atoms with Crippen molar-refractivity contribution < 1.29 is 0 Å². The Morgan fingerprint density at radius 1 is 1.78 bits per heavy atom. The lowest BCUT2D eigenvalue weighted by Crippen LogP contribution is -2.12. The molecule has 0 amide bonds. The highest BCUT2D eigenvalue weighted by molar-refractivity contribution is 9.09. The van der Waals surface area contributed by atoms with E-state index in [0.29, 0.717) is 0 Å². The SMILES string of the molecule is O=c1ccsn1CCBr. The Kier molecular flexibility index (Phi) is 2.48. The molecule has 0 aliphatic carbocycles. The van der Waals surface area contributed by atoms with Crippen molar-refractivity contribution in [2.45, 2.75) is 6.54 Å². The van der Waals surface area contributed by atoms with Gasteiger partial charge in [-0.05, 0) is 0 Å². The van der Waals surface area contributed by atoms with Crippen molar-refractivity contribution in [1.82, 2.24) is 3.96 Å². The van der Waals surface area contributed by atoms with Gasteiger partial charge in [-0.3, -0.25) is 8.75 Å². The Morgan fingerprint density at radius 2 is 2.56 bits per heavy atom. The monoisotopic (exact) mass is 207 g/mol. The van der Waals surface area contributed by atoms with Gasteiger partial charge in [0.15, 0.2) is 0 Å². The molecule has 0 saturated carbocycles. The van der Waals surface area contributed by atoms with Crippen molar-refractivity contribution in [1.29, 1.82) is 0 Å². The smallest absolute Gasteiger partial charge is 0.260 e. The maximum atomic E-state index is 10.8. The third-order valence-electron chi connectivity index (χ3n) is 0.932. The van der Waals surface area contributed by atoms with E-state index in [1.54, 1.807) is 15.4 Å². The van der Waals surface area contributed by atoms with Gasteiger partial charge < -0.3 is 0 Å². The van der Waals surface area contributed by atoms with Crippen LogP contribution in [0, 0.1) is 0 Å². The first-order valence-corrected chi connectivity index (χ1v) is 4.51. The lowest BCUT2D eigenvalue weighted by Gasteiger charge is -1.91. The van der Waals surface area contributed by atoms with Crippen LogP contribution in [-0.4, -0.2) is 9.29 Å². The molecule has 1 aromatic heterocycles. The topological polar surface area (TPSA) is 22.0 Å². The molecule has 0 saturated heterocycles. The lowest BCUT2D eigenvalue weighted by molar-refractivity contribution is 0.825. The average Bonchev–Trinajstić information content (AvgIpc) is 2.18. The number of nitrogens with zero attached hydrogens (tertiary/aromatic N) is 1. The van der Waals surface area contributed by atoms with E-state index >= 15 is 0 Å². The van der Waals surface area contributed by atoms with Gasteiger partial charge in [-0.1, -0.05) is 27.5 Å². The standard InChI is InChI=1S/C5H6BrNOS/c6-2-3-7-5(8)1-4-9-7/h1,4H,2-3H2. The minimum Gasteiger partial charge on any atom is -0.268 e.